The van der Waals surface area contributed by atoms with Crippen LogP contribution in [-0.2, 0) is 4.79 Å². The van der Waals surface area contributed by atoms with Gasteiger partial charge in [-0.2, -0.15) is 0 Å². The van der Waals surface area contributed by atoms with Gasteiger partial charge < -0.3 is 15.0 Å². The maximum absolute atomic E-state index is 12.0. The highest BCUT2D eigenvalue weighted by molar-refractivity contribution is 9.10. The molecule has 1 heterocycles. The summed E-state index contributed by atoms with van der Waals surface area (Å²) in [6, 6.07) is 6.35. The molecule has 1 aromatic rings. The minimum absolute atomic E-state index is 0.0308. The molecule has 22 heavy (non-hydrogen) atoms. The van der Waals surface area contributed by atoms with E-state index < -0.39 is 0 Å². The van der Waals surface area contributed by atoms with Crippen molar-refractivity contribution >= 4 is 33.4 Å². The van der Waals surface area contributed by atoms with Crippen LogP contribution in [0.2, 0.25) is 5.02 Å². The average molecular weight is 388 g/mol. The quantitative estimate of drug-likeness (QED) is 0.843. The average Bonchev–Trinajstić information content (AvgIpc) is 3.32. The largest absolute Gasteiger partial charge is 0.483 e. The van der Waals surface area contributed by atoms with Gasteiger partial charge in [0.05, 0.1) is 4.47 Å². The Morgan fingerprint density at radius 1 is 1.32 bits per heavy atom. The topological polar surface area (TPSA) is 41.6 Å². The Labute approximate surface area is 144 Å². The summed E-state index contributed by atoms with van der Waals surface area (Å²) in [5.74, 6) is 0.565. The van der Waals surface area contributed by atoms with Gasteiger partial charge in [0.25, 0.3) is 5.91 Å². The first kappa shape index (κ1) is 16.1. The summed E-state index contributed by atoms with van der Waals surface area (Å²) in [4.78, 5) is 14.5. The van der Waals surface area contributed by atoms with E-state index >= 15 is 0 Å². The first-order valence-corrected chi connectivity index (χ1v) is 8.90. The third-order valence-corrected chi connectivity index (χ3v) is 5.07. The van der Waals surface area contributed by atoms with Crippen molar-refractivity contribution in [2.24, 2.45) is 0 Å². The molecule has 0 atom stereocenters. The third-order valence-electron chi connectivity index (χ3n) is 4.21. The number of hydrogen-bond acceptors (Lipinski definition) is 3. The molecule has 0 unspecified atom stereocenters. The summed E-state index contributed by atoms with van der Waals surface area (Å²) in [6.07, 6.45) is 4.77. The van der Waals surface area contributed by atoms with Crippen molar-refractivity contribution in [3.63, 3.8) is 0 Å². The van der Waals surface area contributed by atoms with Crippen LogP contribution >= 0.6 is 27.5 Å². The maximum atomic E-state index is 12.0. The summed E-state index contributed by atoms with van der Waals surface area (Å²) in [6.45, 7) is 2.22. The molecule has 0 bridgehead atoms. The summed E-state index contributed by atoms with van der Waals surface area (Å²) < 4.78 is 6.29. The lowest BCUT2D eigenvalue weighted by molar-refractivity contribution is -0.124. The number of hydrogen-bond donors (Lipinski definition) is 1. The smallest absolute Gasteiger partial charge is 0.258 e. The molecule has 1 aliphatic carbocycles. The zero-order valence-corrected chi connectivity index (χ0v) is 14.7. The van der Waals surface area contributed by atoms with Crippen LogP contribution in [0.4, 0.5) is 0 Å². The van der Waals surface area contributed by atoms with Crippen LogP contribution in [-0.4, -0.2) is 42.6 Å². The van der Waals surface area contributed by atoms with Gasteiger partial charge in [-0.3, -0.25) is 4.79 Å². The Morgan fingerprint density at radius 2 is 2.05 bits per heavy atom. The second kappa shape index (κ2) is 7.20. The van der Waals surface area contributed by atoms with Crippen LogP contribution in [0.5, 0.6) is 5.75 Å². The summed E-state index contributed by atoms with van der Waals surface area (Å²) in [5.41, 5.74) is 0. The molecular formula is C16H20BrClN2O2. The summed E-state index contributed by atoms with van der Waals surface area (Å²) >= 11 is 9.25. The van der Waals surface area contributed by atoms with Gasteiger partial charge in [0, 0.05) is 30.2 Å². The highest BCUT2D eigenvalue weighted by Crippen LogP contribution is 2.29. The molecule has 1 N–H and O–H groups in total. The second-order valence-electron chi connectivity index (χ2n) is 5.97. The number of halogens is 2. The van der Waals surface area contributed by atoms with Crippen LogP contribution in [0.15, 0.2) is 22.7 Å². The SMILES string of the molecule is O=C(COc1ccc(Cl)cc1Br)NC1CCN(C2CC2)CC1. The van der Waals surface area contributed by atoms with E-state index in [4.69, 9.17) is 16.3 Å². The molecule has 1 saturated heterocycles. The zero-order chi connectivity index (χ0) is 15.5. The Morgan fingerprint density at radius 3 is 2.68 bits per heavy atom. The van der Waals surface area contributed by atoms with Gasteiger partial charge in [-0.25, -0.2) is 0 Å². The van der Waals surface area contributed by atoms with E-state index in [-0.39, 0.29) is 18.6 Å². The summed E-state index contributed by atoms with van der Waals surface area (Å²) in [5, 5.41) is 3.70. The van der Waals surface area contributed by atoms with Crippen molar-refractivity contribution in [2.45, 2.75) is 37.8 Å². The molecule has 120 valence electrons. The number of carbonyl (C=O) groups is 1. The van der Waals surface area contributed by atoms with Gasteiger partial charge in [0.1, 0.15) is 5.75 Å². The number of carbonyl (C=O) groups excluding carboxylic acids is 1. The molecule has 4 nitrogen and oxygen atoms in total. The third kappa shape index (κ3) is 4.37. The van der Waals surface area contributed by atoms with Crippen LogP contribution in [0.25, 0.3) is 0 Å². The number of benzene rings is 1. The minimum atomic E-state index is -0.0632. The Balaban J connectivity index is 1.40. The molecule has 0 spiro atoms. The van der Waals surface area contributed by atoms with E-state index in [0.717, 1.165) is 36.4 Å². The van der Waals surface area contributed by atoms with Crippen molar-refractivity contribution in [1.82, 2.24) is 10.2 Å². The first-order chi connectivity index (χ1) is 10.6. The van der Waals surface area contributed by atoms with E-state index in [0.29, 0.717) is 10.8 Å². The van der Waals surface area contributed by atoms with E-state index in [9.17, 15) is 4.79 Å². The Hall–Kier alpha value is -0.780. The monoisotopic (exact) mass is 386 g/mol. The fraction of sp³-hybridized carbons (Fsp3) is 0.562. The van der Waals surface area contributed by atoms with E-state index in [1.165, 1.54) is 12.8 Å². The van der Waals surface area contributed by atoms with Crippen LogP contribution in [0.1, 0.15) is 25.7 Å². The van der Waals surface area contributed by atoms with Crippen molar-refractivity contribution in [3.8, 4) is 5.75 Å². The van der Waals surface area contributed by atoms with E-state index in [2.05, 4.69) is 26.1 Å². The minimum Gasteiger partial charge on any atom is -0.483 e. The van der Waals surface area contributed by atoms with Gasteiger partial charge in [-0.1, -0.05) is 11.6 Å². The van der Waals surface area contributed by atoms with Crippen molar-refractivity contribution in [2.75, 3.05) is 19.7 Å². The maximum Gasteiger partial charge on any atom is 0.258 e. The lowest BCUT2D eigenvalue weighted by Crippen LogP contribution is -2.46. The normalized spacial score (nSPS) is 19.9. The fourth-order valence-electron chi connectivity index (χ4n) is 2.85. The zero-order valence-electron chi connectivity index (χ0n) is 12.4. The number of nitrogens with one attached hydrogen (secondary N) is 1. The van der Waals surface area contributed by atoms with E-state index in [1.54, 1.807) is 18.2 Å². The van der Waals surface area contributed by atoms with E-state index in [1.807, 2.05) is 0 Å². The number of rotatable bonds is 5. The van der Waals surface area contributed by atoms with Gasteiger partial charge >= 0.3 is 0 Å². The highest BCUT2D eigenvalue weighted by atomic mass is 79.9. The molecule has 1 saturated carbocycles. The second-order valence-corrected chi connectivity index (χ2v) is 7.26. The standard InChI is InChI=1S/C16H20BrClN2O2/c17-14-9-11(18)1-4-15(14)22-10-16(21)19-12-5-7-20(8-6-12)13-2-3-13/h1,4,9,12-13H,2-3,5-8,10H2,(H,19,21). The highest BCUT2D eigenvalue weighted by Gasteiger charge is 2.32. The molecular weight excluding hydrogens is 368 g/mol. The molecule has 6 heteroatoms. The predicted octanol–water partition coefficient (Wildman–Crippen LogP) is 3.22. The Bertz CT molecular complexity index is 543. The molecule has 2 fully saturated rings. The molecule has 0 radical (unpaired) electrons. The van der Waals surface area contributed by atoms with Crippen molar-refractivity contribution in [1.29, 1.82) is 0 Å². The molecule has 0 aromatic heterocycles. The Kier molecular flexibility index (Phi) is 5.26. The van der Waals surface area contributed by atoms with Crippen molar-refractivity contribution in [3.05, 3.63) is 27.7 Å². The molecule has 1 aliphatic heterocycles. The number of ether oxygens (including phenoxy) is 1. The van der Waals surface area contributed by atoms with Crippen LogP contribution in [0, 0.1) is 0 Å². The van der Waals surface area contributed by atoms with Gasteiger partial charge in [-0.05, 0) is 59.8 Å². The van der Waals surface area contributed by atoms with Gasteiger partial charge in [-0.15, -0.1) is 0 Å². The molecule has 3 rings (SSSR count). The van der Waals surface area contributed by atoms with Crippen molar-refractivity contribution < 1.29 is 9.53 Å². The molecule has 2 aliphatic rings. The molecule has 1 amide bonds. The molecule has 1 aromatic carbocycles. The van der Waals surface area contributed by atoms with Crippen LogP contribution < -0.4 is 10.1 Å². The summed E-state index contributed by atoms with van der Waals surface area (Å²) in [7, 11) is 0. The number of nitrogens with zero attached hydrogens (tertiary/aromatic N) is 1. The predicted molar refractivity (Wildman–Crippen MR) is 90.4 cm³/mol. The number of likely N-dealkylation sites (tertiary alicyclic amines) is 1. The van der Waals surface area contributed by atoms with Crippen LogP contribution in [0.3, 0.4) is 0 Å². The van der Waals surface area contributed by atoms with Gasteiger partial charge in [0.15, 0.2) is 6.61 Å². The van der Waals surface area contributed by atoms with Gasteiger partial charge in [0.2, 0.25) is 0 Å². The fourth-order valence-corrected chi connectivity index (χ4v) is 3.65. The number of amides is 1. The lowest BCUT2D eigenvalue weighted by atomic mass is 10.0. The first-order valence-electron chi connectivity index (χ1n) is 7.73. The number of piperidine rings is 1. The lowest BCUT2D eigenvalue weighted by Gasteiger charge is -2.32.